The number of rotatable bonds is 6. The Morgan fingerprint density at radius 2 is 1.97 bits per heavy atom. The smallest absolute Gasteiger partial charge is 0.331 e. The summed E-state index contributed by atoms with van der Waals surface area (Å²) in [5.41, 5.74) is 4.75. The first-order valence-electron chi connectivity index (χ1n) is 12.0. The number of carbonyl (C=O) groups excluding carboxylic acids is 2. The molecule has 2 saturated heterocycles. The van der Waals surface area contributed by atoms with Gasteiger partial charge in [0.2, 0.25) is 5.91 Å². The molecule has 3 amide bonds. The van der Waals surface area contributed by atoms with E-state index in [1.54, 1.807) is 22.7 Å². The molecule has 0 radical (unpaired) electrons. The number of carbonyl (C=O) groups is 2. The molecule has 1 N–H and O–H groups in total. The van der Waals surface area contributed by atoms with Crippen LogP contribution in [0.5, 0.6) is 5.75 Å². The van der Waals surface area contributed by atoms with Gasteiger partial charge in [-0.1, -0.05) is 12.1 Å². The Morgan fingerprint density at radius 3 is 2.76 bits per heavy atom. The normalized spacial score (nSPS) is 17.6. The largest absolute Gasteiger partial charge is 0.496 e. The van der Waals surface area contributed by atoms with E-state index in [0.717, 1.165) is 41.8 Å². The summed E-state index contributed by atoms with van der Waals surface area (Å²) in [5, 5.41) is 7.89. The molecule has 0 spiro atoms. The number of pyridine rings is 1. The van der Waals surface area contributed by atoms with Gasteiger partial charge in [0, 0.05) is 24.7 Å². The molecule has 2 aliphatic heterocycles. The third-order valence-electron chi connectivity index (χ3n) is 6.92. The Kier molecular flexibility index (Phi) is 6.24. The first kappa shape index (κ1) is 22.4. The molecule has 0 bridgehead atoms. The van der Waals surface area contributed by atoms with Gasteiger partial charge in [0.15, 0.2) is 0 Å². The van der Waals surface area contributed by atoms with Gasteiger partial charge < -0.3 is 10.1 Å². The van der Waals surface area contributed by atoms with Gasteiger partial charge >= 0.3 is 6.03 Å². The SMILES string of the molecule is COc1cc(C)ccc1CN1C(=O)CCN(c2cnn3ccc(CC4CCNCC4)cc23)C1=O. The lowest BCUT2D eigenvalue weighted by Gasteiger charge is -2.34. The molecule has 0 saturated carbocycles. The van der Waals surface area contributed by atoms with Crippen LogP contribution in [0.3, 0.4) is 0 Å². The molecule has 5 rings (SSSR count). The van der Waals surface area contributed by atoms with Crippen LogP contribution in [0, 0.1) is 12.8 Å². The first-order chi connectivity index (χ1) is 16.5. The van der Waals surface area contributed by atoms with E-state index in [0.29, 0.717) is 18.2 Å². The van der Waals surface area contributed by atoms with Crippen molar-refractivity contribution in [3.05, 3.63) is 59.4 Å². The fraction of sp³-hybridized carbons (Fsp3) is 0.423. The van der Waals surface area contributed by atoms with E-state index in [4.69, 9.17) is 4.74 Å². The van der Waals surface area contributed by atoms with Crippen molar-refractivity contribution >= 4 is 23.1 Å². The maximum Gasteiger partial charge on any atom is 0.331 e. The summed E-state index contributed by atoms with van der Waals surface area (Å²) in [6.07, 6.45) is 7.34. The molecule has 1 aromatic carbocycles. The van der Waals surface area contributed by atoms with Crippen LogP contribution in [-0.4, -0.2) is 53.2 Å². The molecule has 178 valence electrons. The molecule has 2 aromatic heterocycles. The molecule has 3 aromatic rings. The number of fused-ring (bicyclic) bond motifs is 1. The van der Waals surface area contributed by atoms with Crippen molar-refractivity contribution in [2.75, 3.05) is 31.6 Å². The van der Waals surface area contributed by atoms with Gasteiger partial charge in [-0.25, -0.2) is 9.31 Å². The Balaban J connectivity index is 1.40. The van der Waals surface area contributed by atoms with E-state index in [2.05, 4.69) is 22.5 Å². The van der Waals surface area contributed by atoms with Gasteiger partial charge in [-0.05, 0) is 74.5 Å². The summed E-state index contributed by atoms with van der Waals surface area (Å²) in [4.78, 5) is 29.2. The van der Waals surface area contributed by atoms with Crippen molar-refractivity contribution in [2.45, 2.75) is 39.2 Å². The molecule has 0 aliphatic carbocycles. The number of aryl methyl sites for hydroxylation is 1. The highest BCUT2D eigenvalue weighted by Gasteiger charge is 2.34. The molecular weight excluding hydrogens is 430 g/mol. The third-order valence-corrected chi connectivity index (χ3v) is 6.92. The zero-order chi connectivity index (χ0) is 23.7. The van der Waals surface area contributed by atoms with Crippen LogP contribution in [0.15, 0.2) is 42.7 Å². The second-order valence-electron chi connectivity index (χ2n) is 9.27. The quantitative estimate of drug-likeness (QED) is 0.607. The lowest BCUT2D eigenvalue weighted by atomic mass is 9.91. The average Bonchev–Trinajstić information content (AvgIpc) is 3.26. The number of anilines is 1. The number of hydrogen-bond donors (Lipinski definition) is 1. The average molecular weight is 462 g/mol. The van der Waals surface area contributed by atoms with Crippen molar-refractivity contribution in [1.29, 1.82) is 0 Å². The first-order valence-corrected chi connectivity index (χ1v) is 12.0. The van der Waals surface area contributed by atoms with Gasteiger partial charge in [-0.2, -0.15) is 5.10 Å². The summed E-state index contributed by atoms with van der Waals surface area (Å²) in [7, 11) is 1.60. The molecule has 2 aliphatic rings. The number of benzene rings is 1. The van der Waals surface area contributed by atoms with Crippen molar-refractivity contribution < 1.29 is 14.3 Å². The molecule has 0 atom stereocenters. The Bertz CT molecular complexity index is 1210. The molecule has 8 heteroatoms. The van der Waals surface area contributed by atoms with E-state index in [1.165, 1.54) is 23.3 Å². The summed E-state index contributed by atoms with van der Waals surface area (Å²) in [6.45, 7) is 4.65. The van der Waals surface area contributed by atoms with E-state index in [1.807, 2.05) is 31.3 Å². The van der Waals surface area contributed by atoms with Crippen molar-refractivity contribution in [3.8, 4) is 5.75 Å². The number of aromatic nitrogens is 2. The Hall–Kier alpha value is -3.39. The van der Waals surface area contributed by atoms with E-state index < -0.39 is 0 Å². The predicted octanol–water partition coefficient (Wildman–Crippen LogP) is 3.55. The van der Waals surface area contributed by atoms with Crippen molar-refractivity contribution in [1.82, 2.24) is 19.8 Å². The second-order valence-corrected chi connectivity index (χ2v) is 9.27. The zero-order valence-corrected chi connectivity index (χ0v) is 19.8. The van der Waals surface area contributed by atoms with Gasteiger partial charge in [0.25, 0.3) is 0 Å². The molecule has 4 heterocycles. The third kappa shape index (κ3) is 4.37. The van der Waals surface area contributed by atoms with Crippen molar-refractivity contribution in [2.24, 2.45) is 5.92 Å². The fourth-order valence-electron chi connectivity index (χ4n) is 4.99. The molecular formula is C26H31N5O3. The topological polar surface area (TPSA) is 79.2 Å². The van der Waals surface area contributed by atoms with Crippen LogP contribution in [0.2, 0.25) is 0 Å². The summed E-state index contributed by atoms with van der Waals surface area (Å²) < 4.78 is 7.29. The number of ether oxygens (including phenoxy) is 1. The highest BCUT2D eigenvalue weighted by Crippen LogP contribution is 2.29. The highest BCUT2D eigenvalue weighted by molar-refractivity contribution is 6.07. The van der Waals surface area contributed by atoms with Crippen LogP contribution in [0.4, 0.5) is 10.5 Å². The predicted molar refractivity (Wildman–Crippen MR) is 130 cm³/mol. The number of urea groups is 1. The number of piperidine rings is 1. The zero-order valence-electron chi connectivity index (χ0n) is 19.8. The minimum absolute atomic E-state index is 0.174. The van der Waals surface area contributed by atoms with Gasteiger partial charge in [0.05, 0.1) is 31.1 Å². The number of imide groups is 1. The van der Waals surface area contributed by atoms with E-state index >= 15 is 0 Å². The highest BCUT2D eigenvalue weighted by atomic mass is 16.5. The van der Waals surface area contributed by atoms with Crippen LogP contribution in [-0.2, 0) is 17.8 Å². The number of methoxy groups -OCH3 is 1. The maximum absolute atomic E-state index is 13.5. The van der Waals surface area contributed by atoms with Crippen molar-refractivity contribution in [3.63, 3.8) is 0 Å². The second kappa shape index (κ2) is 9.46. The van der Waals surface area contributed by atoms with Crippen LogP contribution < -0.4 is 15.0 Å². The Labute approximate surface area is 199 Å². The van der Waals surface area contributed by atoms with Gasteiger partial charge in [-0.15, -0.1) is 0 Å². The van der Waals surface area contributed by atoms with Gasteiger partial charge in [0.1, 0.15) is 5.75 Å². The molecule has 8 nitrogen and oxygen atoms in total. The standard InChI is InChI=1S/C26H31N5O3/c1-18-3-4-21(24(13-18)34-2)17-30-25(32)8-11-29(26(30)33)23-16-28-31-12-7-20(15-22(23)31)14-19-5-9-27-10-6-19/h3-4,7,12-13,15-16,19,27H,5-6,8-11,14,17H2,1-2H3. The lowest BCUT2D eigenvalue weighted by molar-refractivity contribution is -0.129. The summed E-state index contributed by atoms with van der Waals surface area (Å²) >= 11 is 0. The summed E-state index contributed by atoms with van der Waals surface area (Å²) in [6, 6.07) is 9.73. The number of nitrogens with zero attached hydrogens (tertiary/aromatic N) is 4. The molecule has 34 heavy (non-hydrogen) atoms. The van der Waals surface area contributed by atoms with E-state index in [9.17, 15) is 9.59 Å². The Morgan fingerprint density at radius 1 is 1.15 bits per heavy atom. The monoisotopic (exact) mass is 461 g/mol. The lowest BCUT2D eigenvalue weighted by Crippen LogP contribution is -2.52. The minimum Gasteiger partial charge on any atom is -0.496 e. The van der Waals surface area contributed by atoms with Gasteiger partial charge in [-0.3, -0.25) is 14.6 Å². The minimum atomic E-state index is -0.322. The van der Waals surface area contributed by atoms with Crippen LogP contribution in [0.1, 0.15) is 36.0 Å². The van der Waals surface area contributed by atoms with E-state index in [-0.39, 0.29) is 24.9 Å². The maximum atomic E-state index is 13.5. The van der Waals surface area contributed by atoms with Crippen LogP contribution in [0.25, 0.3) is 5.52 Å². The fourth-order valence-corrected chi connectivity index (χ4v) is 4.99. The number of amides is 3. The number of hydrogen-bond acceptors (Lipinski definition) is 5. The summed E-state index contributed by atoms with van der Waals surface area (Å²) in [5.74, 6) is 1.17. The molecule has 2 fully saturated rings. The number of nitrogens with one attached hydrogen (secondary N) is 1. The van der Waals surface area contributed by atoms with Crippen LogP contribution >= 0.6 is 0 Å². The molecule has 0 unspecified atom stereocenters.